The van der Waals surface area contributed by atoms with E-state index in [0.717, 1.165) is 37.4 Å². The molecule has 4 heteroatoms. The molecule has 1 aliphatic rings. The molecule has 0 radical (unpaired) electrons. The molecule has 2 aromatic rings. The Bertz CT molecular complexity index is 657. The van der Waals surface area contributed by atoms with Crippen molar-refractivity contribution in [2.45, 2.75) is 19.5 Å². The van der Waals surface area contributed by atoms with Gasteiger partial charge in [-0.3, -0.25) is 4.90 Å². The molecule has 0 fully saturated rings. The molecule has 1 aromatic heterocycles. The number of fused-ring (bicyclic) bond motifs is 1. The summed E-state index contributed by atoms with van der Waals surface area (Å²) in [6.07, 6.45) is 1.12. The van der Waals surface area contributed by atoms with E-state index in [1.807, 2.05) is 23.5 Å². The first kappa shape index (κ1) is 13.2. The first-order valence-electron chi connectivity index (χ1n) is 6.65. The van der Waals surface area contributed by atoms with Gasteiger partial charge in [-0.1, -0.05) is 0 Å². The minimum Gasteiger partial charge on any atom is -0.496 e. The Morgan fingerprint density at radius 3 is 3.10 bits per heavy atom. The van der Waals surface area contributed by atoms with E-state index < -0.39 is 0 Å². The van der Waals surface area contributed by atoms with E-state index in [4.69, 9.17) is 10.00 Å². The van der Waals surface area contributed by atoms with Crippen LogP contribution in [0.3, 0.4) is 0 Å². The summed E-state index contributed by atoms with van der Waals surface area (Å²) in [5, 5.41) is 11.2. The second-order valence-electron chi connectivity index (χ2n) is 4.97. The molecule has 2 heterocycles. The van der Waals surface area contributed by atoms with E-state index in [9.17, 15) is 0 Å². The molecule has 0 spiro atoms. The molecule has 0 saturated heterocycles. The standard InChI is InChI=1S/C16H16N2OS/c1-19-15-3-2-12(9-17)8-14(15)11-18-6-4-16-13(10-18)5-7-20-16/h2-3,5,7-8H,4,6,10-11H2,1H3. The van der Waals surface area contributed by atoms with Crippen LogP contribution in [0.2, 0.25) is 0 Å². The van der Waals surface area contributed by atoms with Gasteiger partial charge in [-0.2, -0.15) is 5.26 Å². The first-order chi connectivity index (χ1) is 9.80. The zero-order valence-electron chi connectivity index (χ0n) is 11.4. The molecule has 0 saturated carbocycles. The van der Waals surface area contributed by atoms with E-state index in [0.29, 0.717) is 5.56 Å². The van der Waals surface area contributed by atoms with Gasteiger partial charge in [0.05, 0.1) is 18.7 Å². The summed E-state index contributed by atoms with van der Waals surface area (Å²) >= 11 is 1.85. The lowest BCUT2D eigenvalue weighted by Gasteiger charge is -2.27. The van der Waals surface area contributed by atoms with Gasteiger partial charge in [0.1, 0.15) is 5.75 Å². The topological polar surface area (TPSA) is 36.3 Å². The highest BCUT2D eigenvalue weighted by atomic mass is 32.1. The number of hydrogen-bond acceptors (Lipinski definition) is 4. The molecule has 102 valence electrons. The van der Waals surface area contributed by atoms with E-state index >= 15 is 0 Å². The van der Waals surface area contributed by atoms with Crippen LogP contribution in [0.15, 0.2) is 29.6 Å². The summed E-state index contributed by atoms with van der Waals surface area (Å²) in [6, 6.07) is 10.0. The molecule has 0 bridgehead atoms. The molecule has 0 N–H and O–H groups in total. The molecule has 1 aliphatic heterocycles. The van der Waals surface area contributed by atoms with Crippen LogP contribution in [0.5, 0.6) is 5.75 Å². The lowest BCUT2D eigenvalue weighted by Crippen LogP contribution is -2.29. The zero-order chi connectivity index (χ0) is 13.9. The number of rotatable bonds is 3. The third-order valence-electron chi connectivity index (χ3n) is 3.69. The van der Waals surface area contributed by atoms with Crippen molar-refractivity contribution >= 4 is 11.3 Å². The summed E-state index contributed by atoms with van der Waals surface area (Å²) in [5.74, 6) is 0.861. The number of hydrogen-bond donors (Lipinski definition) is 0. The Hall–Kier alpha value is -1.83. The third kappa shape index (κ3) is 2.55. The molecule has 0 atom stereocenters. The van der Waals surface area contributed by atoms with Crippen molar-refractivity contribution < 1.29 is 4.74 Å². The highest BCUT2D eigenvalue weighted by Crippen LogP contribution is 2.27. The van der Waals surface area contributed by atoms with Gasteiger partial charge in [0.2, 0.25) is 0 Å². The van der Waals surface area contributed by atoms with Gasteiger partial charge in [-0.05, 0) is 41.6 Å². The first-order valence-corrected chi connectivity index (χ1v) is 7.52. The van der Waals surface area contributed by atoms with E-state index in [2.05, 4.69) is 22.4 Å². The van der Waals surface area contributed by atoms with Gasteiger partial charge in [0.15, 0.2) is 0 Å². The van der Waals surface area contributed by atoms with Crippen LogP contribution in [-0.4, -0.2) is 18.6 Å². The molecule has 0 amide bonds. The molecular weight excluding hydrogens is 268 g/mol. The van der Waals surface area contributed by atoms with Crippen molar-refractivity contribution in [3.63, 3.8) is 0 Å². The summed E-state index contributed by atoms with van der Waals surface area (Å²) in [5.41, 5.74) is 3.22. The fraction of sp³-hybridized carbons (Fsp3) is 0.312. The maximum Gasteiger partial charge on any atom is 0.123 e. The minimum atomic E-state index is 0.689. The van der Waals surface area contributed by atoms with Gasteiger partial charge >= 0.3 is 0 Å². The lowest BCUT2D eigenvalue weighted by molar-refractivity contribution is 0.243. The molecule has 1 aromatic carbocycles. The normalized spacial score (nSPS) is 14.6. The maximum absolute atomic E-state index is 9.03. The highest BCUT2D eigenvalue weighted by molar-refractivity contribution is 7.10. The number of benzene rings is 1. The number of methoxy groups -OCH3 is 1. The van der Waals surface area contributed by atoms with E-state index in [-0.39, 0.29) is 0 Å². The SMILES string of the molecule is COc1ccc(C#N)cc1CN1CCc2sccc2C1. The largest absolute Gasteiger partial charge is 0.496 e. The predicted octanol–water partition coefficient (Wildman–Crippen LogP) is 3.19. The van der Waals surface area contributed by atoms with Crippen molar-refractivity contribution in [1.82, 2.24) is 4.90 Å². The van der Waals surface area contributed by atoms with E-state index in [1.165, 1.54) is 10.4 Å². The average Bonchev–Trinajstić information content (AvgIpc) is 2.94. The Balaban J connectivity index is 1.80. The lowest BCUT2D eigenvalue weighted by atomic mass is 10.1. The van der Waals surface area contributed by atoms with Crippen LogP contribution in [-0.2, 0) is 19.5 Å². The third-order valence-corrected chi connectivity index (χ3v) is 4.71. The van der Waals surface area contributed by atoms with Crippen molar-refractivity contribution in [3.05, 3.63) is 51.2 Å². The molecule has 3 rings (SSSR count). The summed E-state index contributed by atoms with van der Waals surface area (Å²) < 4.78 is 5.41. The van der Waals surface area contributed by atoms with Crippen molar-refractivity contribution in [2.24, 2.45) is 0 Å². The molecule has 3 nitrogen and oxygen atoms in total. The minimum absolute atomic E-state index is 0.689. The van der Waals surface area contributed by atoms with Gasteiger partial charge in [-0.15, -0.1) is 11.3 Å². The Kier molecular flexibility index (Phi) is 3.72. The zero-order valence-corrected chi connectivity index (χ0v) is 12.2. The van der Waals surface area contributed by atoms with Gasteiger partial charge in [-0.25, -0.2) is 0 Å². The Labute approximate surface area is 123 Å². The Morgan fingerprint density at radius 2 is 2.30 bits per heavy atom. The maximum atomic E-state index is 9.03. The van der Waals surface area contributed by atoms with Crippen LogP contribution in [0.1, 0.15) is 21.6 Å². The second-order valence-corrected chi connectivity index (χ2v) is 5.97. The number of nitrogens with zero attached hydrogens (tertiary/aromatic N) is 2. The predicted molar refractivity (Wildman–Crippen MR) is 79.8 cm³/mol. The molecule has 20 heavy (non-hydrogen) atoms. The van der Waals surface area contributed by atoms with Crippen LogP contribution < -0.4 is 4.74 Å². The van der Waals surface area contributed by atoms with Gasteiger partial charge in [0, 0.05) is 30.1 Å². The average molecular weight is 284 g/mol. The highest BCUT2D eigenvalue weighted by Gasteiger charge is 2.18. The van der Waals surface area contributed by atoms with Gasteiger partial charge in [0.25, 0.3) is 0 Å². The Morgan fingerprint density at radius 1 is 1.40 bits per heavy atom. The fourth-order valence-corrected chi connectivity index (χ4v) is 3.54. The van der Waals surface area contributed by atoms with Crippen LogP contribution in [0.25, 0.3) is 0 Å². The monoisotopic (exact) mass is 284 g/mol. The summed E-state index contributed by atoms with van der Waals surface area (Å²) in [4.78, 5) is 3.92. The summed E-state index contributed by atoms with van der Waals surface area (Å²) in [7, 11) is 1.68. The number of nitriles is 1. The quantitative estimate of drug-likeness (QED) is 0.868. The number of ether oxygens (including phenoxy) is 1. The molecule has 0 unspecified atom stereocenters. The van der Waals surface area contributed by atoms with Crippen LogP contribution in [0, 0.1) is 11.3 Å². The second kappa shape index (κ2) is 5.66. The number of thiophene rings is 1. The van der Waals surface area contributed by atoms with Crippen LogP contribution >= 0.6 is 11.3 Å². The van der Waals surface area contributed by atoms with Crippen molar-refractivity contribution in [2.75, 3.05) is 13.7 Å². The summed E-state index contributed by atoms with van der Waals surface area (Å²) in [6.45, 7) is 2.88. The van der Waals surface area contributed by atoms with Crippen molar-refractivity contribution in [1.29, 1.82) is 5.26 Å². The van der Waals surface area contributed by atoms with Crippen molar-refractivity contribution in [3.8, 4) is 11.8 Å². The van der Waals surface area contributed by atoms with Crippen LogP contribution in [0.4, 0.5) is 0 Å². The van der Waals surface area contributed by atoms with Gasteiger partial charge < -0.3 is 4.74 Å². The van der Waals surface area contributed by atoms with E-state index in [1.54, 1.807) is 13.2 Å². The molecule has 0 aliphatic carbocycles. The fourth-order valence-electron chi connectivity index (χ4n) is 2.65. The molecular formula is C16H16N2OS. The smallest absolute Gasteiger partial charge is 0.123 e.